The van der Waals surface area contributed by atoms with E-state index >= 15 is 0 Å². The number of pyridine rings is 1. The molecule has 0 bridgehead atoms. The summed E-state index contributed by atoms with van der Waals surface area (Å²) in [5.41, 5.74) is 2.96. The molecule has 23 heavy (non-hydrogen) atoms. The van der Waals surface area contributed by atoms with Crippen LogP contribution in [0.2, 0.25) is 0 Å². The number of carbonyl (C=O) groups excluding carboxylic acids is 1. The number of rotatable bonds is 6. The van der Waals surface area contributed by atoms with Crippen LogP contribution in [0.15, 0.2) is 41.0 Å². The third-order valence-electron chi connectivity index (χ3n) is 3.18. The van der Waals surface area contributed by atoms with Gasteiger partial charge in [-0.25, -0.2) is 4.98 Å². The fourth-order valence-electron chi connectivity index (χ4n) is 2.16. The van der Waals surface area contributed by atoms with Gasteiger partial charge in [-0.3, -0.25) is 4.79 Å². The maximum Gasteiger partial charge on any atom is 0.238 e. The molecule has 1 aromatic heterocycles. The number of amides is 1. The van der Waals surface area contributed by atoms with Crippen molar-refractivity contribution in [3.05, 3.63) is 52.1 Å². The molecule has 0 radical (unpaired) electrons. The van der Waals surface area contributed by atoms with Crippen molar-refractivity contribution in [2.24, 2.45) is 0 Å². The maximum atomic E-state index is 11.8. The average Bonchev–Trinajstić information content (AvgIpc) is 2.45. The van der Waals surface area contributed by atoms with Gasteiger partial charge in [0.15, 0.2) is 0 Å². The molecule has 2 aromatic rings. The van der Waals surface area contributed by atoms with Crippen LogP contribution in [0.25, 0.3) is 0 Å². The Morgan fingerprint density at radius 2 is 2.09 bits per heavy atom. The maximum absolute atomic E-state index is 11.8. The fraction of sp³-hybridized carbons (Fsp3) is 0.294. The summed E-state index contributed by atoms with van der Waals surface area (Å²) in [5.74, 6) is 0.834. The molecule has 6 heteroatoms. The number of anilines is 2. The Bertz CT molecular complexity index is 688. The number of aromatic nitrogens is 1. The van der Waals surface area contributed by atoms with Crippen LogP contribution in [0.5, 0.6) is 0 Å². The summed E-state index contributed by atoms with van der Waals surface area (Å²) < 4.78 is 0.964. The molecule has 1 heterocycles. The van der Waals surface area contributed by atoms with E-state index in [2.05, 4.69) is 31.5 Å². The zero-order chi connectivity index (χ0) is 16.8. The molecule has 1 aromatic carbocycles. The summed E-state index contributed by atoms with van der Waals surface area (Å²) in [6, 6.07) is 9.83. The standard InChI is InChI=1S/C17H21BrN4O/c1-12-7-14(18)10-20-17(12)19-9-13-5-4-6-15(8-13)21-16(23)11-22(2)3/h4-8,10H,9,11H2,1-3H3,(H,19,20)(H,21,23). The number of halogens is 1. The highest BCUT2D eigenvalue weighted by Gasteiger charge is 2.05. The lowest BCUT2D eigenvalue weighted by atomic mass is 10.2. The summed E-state index contributed by atoms with van der Waals surface area (Å²) in [5, 5.41) is 6.22. The Labute approximate surface area is 145 Å². The molecule has 0 aliphatic rings. The fourth-order valence-corrected chi connectivity index (χ4v) is 2.60. The van der Waals surface area contributed by atoms with E-state index in [0.717, 1.165) is 27.1 Å². The zero-order valence-electron chi connectivity index (χ0n) is 13.6. The average molecular weight is 377 g/mol. The van der Waals surface area contributed by atoms with Crippen LogP contribution < -0.4 is 10.6 Å². The highest BCUT2D eigenvalue weighted by atomic mass is 79.9. The van der Waals surface area contributed by atoms with Gasteiger partial charge >= 0.3 is 0 Å². The first-order chi connectivity index (χ1) is 10.9. The van der Waals surface area contributed by atoms with Gasteiger partial charge in [-0.1, -0.05) is 12.1 Å². The van der Waals surface area contributed by atoms with E-state index in [1.165, 1.54) is 0 Å². The first kappa shape index (κ1) is 17.4. The Morgan fingerprint density at radius 3 is 2.78 bits per heavy atom. The Balaban J connectivity index is 1.98. The van der Waals surface area contributed by atoms with Gasteiger partial charge in [0.2, 0.25) is 5.91 Å². The summed E-state index contributed by atoms with van der Waals surface area (Å²) in [6.45, 7) is 3.02. The van der Waals surface area contributed by atoms with Crippen molar-refractivity contribution in [1.29, 1.82) is 0 Å². The number of nitrogens with one attached hydrogen (secondary N) is 2. The smallest absolute Gasteiger partial charge is 0.238 e. The number of likely N-dealkylation sites (N-methyl/N-ethyl adjacent to an activating group) is 1. The van der Waals surface area contributed by atoms with Crippen LogP contribution in [0.4, 0.5) is 11.5 Å². The second-order valence-corrected chi connectivity index (χ2v) is 6.57. The van der Waals surface area contributed by atoms with Gasteiger partial charge in [0.1, 0.15) is 5.82 Å². The third-order valence-corrected chi connectivity index (χ3v) is 3.61. The van der Waals surface area contributed by atoms with Crippen molar-refractivity contribution in [1.82, 2.24) is 9.88 Å². The Hall–Kier alpha value is -1.92. The molecule has 0 unspecified atom stereocenters. The second-order valence-electron chi connectivity index (χ2n) is 5.66. The van der Waals surface area contributed by atoms with E-state index in [1.807, 2.05) is 56.3 Å². The minimum Gasteiger partial charge on any atom is -0.366 e. The van der Waals surface area contributed by atoms with Gasteiger partial charge in [-0.2, -0.15) is 0 Å². The van der Waals surface area contributed by atoms with E-state index in [1.54, 1.807) is 6.20 Å². The minimum absolute atomic E-state index is 0.0227. The van der Waals surface area contributed by atoms with Crippen molar-refractivity contribution in [3.8, 4) is 0 Å². The topological polar surface area (TPSA) is 57.3 Å². The van der Waals surface area contributed by atoms with Gasteiger partial charge in [0.25, 0.3) is 0 Å². The van der Waals surface area contributed by atoms with E-state index in [-0.39, 0.29) is 5.91 Å². The molecule has 0 aliphatic carbocycles. The third kappa shape index (κ3) is 5.65. The molecular weight excluding hydrogens is 356 g/mol. The van der Waals surface area contributed by atoms with Crippen LogP contribution in [0.1, 0.15) is 11.1 Å². The van der Waals surface area contributed by atoms with Crippen LogP contribution >= 0.6 is 15.9 Å². The molecule has 2 N–H and O–H groups in total. The van der Waals surface area contributed by atoms with Crippen molar-refractivity contribution in [3.63, 3.8) is 0 Å². The molecule has 5 nitrogen and oxygen atoms in total. The van der Waals surface area contributed by atoms with Crippen molar-refractivity contribution >= 4 is 33.3 Å². The molecule has 0 atom stereocenters. The van der Waals surface area contributed by atoms with Crippen LogP contribution in [0, 0.1) is 6.92 Å². The first-order valence-corrected chi connectivity index (χ1v) is 8.13. The molecular formula is C17H21BrN4O. The van der Waals surface area contributed by atoms with Crippen molar-refractivity contribution in [2.45, 2.75) is 13.5 Å². The van der Waals surface area contributed by atoms with Crippen molar-refractivity contribution in [2.75, 3.05) is 31.3 Å². The van der Waals surface area contributed by atoms with Gasteiger partial charge in [-0.15, -0.1) is 0 Å². The van der Waals surface area contributed by atoms with E-state index in [9.17, 15) is 4.79 Å². The van der Waals surface area contributed by atoms with Crippen molar-refractivity contribution < 1.29 is 4.79 Å². The molecule has 0 saturated carbocycles. The number of benzene rings is 1. The molecule has 122 valence electrons. The monoisotopic (exact) mass is 376 g/mol. The van der Waals surface area contributed by atoms with E-state index in [4.69, 9.17) is 0 Å². The Morgan fingerprint density at radius 1 is 1.30 bits per heavy atom. The summed E-state index contributed by atoms with van der Waals surface area (Å²) in [4.78, 5) is 18.0. The van der Waals surface area contributed by atoms with Gasteiger partial charge in [0, 0.05) is 22.9 Å². The lowest BCUT2D eigenvalue weighted by Gasteiger charge is -2.12. The quantitative estimate of drug-likeness (QED) is 0.812. The molecule has 0 aliphatic heterocycles. The predicted octanol–water partition coefficient (Wildman–Crippen LogP) is 3.26. The van der Waals surface area contributed by atoms with Crippen LogP contribution in [-0.4, -0.2) is 36.4 Å². The largest absolute Gasteiger partial charge is 0.366 e. The number of nitrogens with zero attached hydrogens (tertiary/aromatic N) is 2. The highest BCUT2D eigenvalue weighted by molar-refractivity contribution is 9.10. The number of hydrogen-bond acceptors (Lipinski definition) is 4. The van der Waals surface area contributed by atoms with Crippen LogP contribution in [0.3, 0.4) is 0 Å². The number of hydrogen-bond donors (Lipinski definition) is 2. The van der Waals surface area contributed by atoms with Gasteiger partial charge in [0.05, 0.1) is 6.54 Å². The number of aryl methyl sites for hydroxylation is 1. The van der Waals surface area contributed by atoms with Gasteiger partial charge < -0.3 is 15.5 Å². The molecule has 1 amide bonds. The first-order valence-electron chi connectivity index (χ1n) is 7.33. The summed E-state index contributed by atoms with van der Waals surface area (Å²) in [6.07, 6.45) is 1.77. The molecule has 0 saturated heterocycles. The molecule has 0 fully saturated rings. The lowest BCUT2D eigenvalue weighted by molar-refractivity contribution is -0.116. The zero-order valence-corrected chi connectivity index (χ0v) is 15.1. The summed E-state index contributed by atoms with van der Waals surface area (Å²) >= 11 is 3.41. The second kappa shape index (κ2) is 8.08. The SMILES string of the molecule is Cc1cc(Br)cnc1NCc1cccc(NC(=O)CN(C)C)c1. The van der Waals surface area contributed by atoms with E-state index in [0.29, 0.717) is 13.1 Å². The van der Waals surface area contributed by atoms with Crippen LogP contribution in [-0.2, 0) is 11.3 Å². The van der Waals surface area contributed by atoms with Gasteiger partial charge in [-0.05, 0) is 66.3 Å². The summed E-state index contributed by atoms with van der Waals surface area (Å²) in [7, 11) is 3.74. The predicted molar refractivity (Wildman–Crippen MR) is 97.6 cm³/mol. The Kier molecular flexibility index (Phi) is 6.12. The molecule has 0 spiro atoms. The normalized spacial score (nSPS) is 10.7. The minimum atomic E-state index is -0.0227. The molecule has 2 rings (SSSR count). The highest BCUT2D eigenvalue weighted by Crippen LogP contribution is 2.18. The lowest BCUT2D eigenvalue weighted by Crippen LogP contribution is -2.27. The van der Waals surface area contributed by atoms with E-state index < -0.39 is 0 Å². The number of carbonyl (C=O) groups is 1.